The molecule has 5 heteroatoms. The second kappa shape index (κ2) is 6.07. The quantitative estimate of drug-likeness (QED) is 0.641. The maximum absolute atomic E-state index is 12.1. The summed E-state index contributed by atoms with van der Waals surface area (Å²) in [4.78, 5) is 23.9. The zero-order chi connectivity index (χ0) is 16.6. The fraction of sp³-hybridized carbons (Fsp3) is 0.444. The van der Waals surface area contributed by atoms with Crippen LogP contribution in [0.2, 0.25) is 0 Å². The van der Waals surface area contributed by atoms with E-state index in [4.69, 9.17) is 13.9 Å². The van der Waals surface area contributed by atoms with E-state index < -0.39 is 12.1 Å². The number of benzene rings is 1. The molecule has 1 aromatic carbocycles. The van der Waals surface area contributed by atoms with Crippen LogP contribution in [0.3, 0.4) is 0 Å². The molecule has 1 aliphatic rings. The number of hydrogen-bond donors (Lipinski definition) is 0. The molecule has 23 heavy (non-hydrogen) atoms. The molecule has 3 rings (SSSR count). The lowest BCUT2D eigenvalue weighted by Crippen LogP contribution is -2.26. The molecule has 0 aliphatic heterocycles. The van der Waals surface area contributed by atoms with Gasteiger partial charge in [0.2, 0.25) is 0 Å². The summed E-state index contributed by atoms with van der Waals surface area (Å²) < 4.78 is 16.3. The monoisotopic (exact) mass is 316 g/mol. The molecule has 0 N–H and O–H groups in total. The predicted molar refractivity (Wildman–Crippen MR) is 86.0 cm³/mol. The first kappa shape index (κ1) is 15.6. The van der Waals surface area contributed by atoms with Crippen LogP contribution in [0.15, 0.2) is 21.3 Å². The molecule has 1 aromatic heterocycles. The Morgan fingerprint density at radius 2 is 2.04 bits per heavy atom. The van der Waals surface area contributed by atoms with Gasteiger partial charge in [-0.1, -0.05) is 0 Å². The van der Waals surface area contributed by atoms with E-state index in [1.807, 2.05) is 19.1 Å². The van der Waals surface area contributed by atoms with E-state index >= 15 is 0 Å². The highest BCUT2D eigenvalue weighted by atomic mass is 16.6. The Hall–Kier alpha value is -2.30. The van der Waals surface area contributed by atoms with Crippen molar-refractivity contribution in [2.24, 2.45) is 0 Å². The molecule has 0 saturated heterocycles. The van der Waals surface area contributed by atoms with Crippen LogP contribution in [-0.2, 0) is 22.4 Å². The fourth-order valence-corrected chi connectivity index (χ4v) is 3.10. The third-order valence-corrected chi connectivity index (χ3v) is 4.10. The van der Waals surface area contributed by atoms with Crippen LogP contribution < -0.4 is 10.4 Å². The first-order chi connectivity index (χ1) is 11.0. The van der Waals surface area contributed by atoms with Gasteiger partial charge in [-0.05, 0) is 63.3 Å². The van der Waals surface area contributed by atoms with E-state index in [9.17, 15) is 9.59 Å². The molecule has 0 spiro atoms. The van der Waals surface area contributed by atoms with Crippen molar-refractivity contribution in [1.29, 1.82) is 0 Å². The predicted octanol–water partition coefficient (Wildman–Crippen LogP) is 2.92. The molecule has 0 fully saturated rings. The number of fused-ring (bicyclic) bond motifs is 3. The topological polar surface area (TPSA) is 65.7 Å². The number of rotatable bonds is 4. The number of carbonyl (C=O) groups is 1. The molecule has 0 unspecified atom stereocenters. The second-order valence-electron chi connectivity index (χ2n) is 5.85. The molecule has 0 saturated carbocycles. The minimum Gasteiger partial charge on any atom is -0.478 e. The molecule has 0 bridgehead atoms. The summed E-state index contributed by atoms with van der Waals surface area (Å²) in [6, 6.07) is 3.70. The van der Waals surface area contributed by atoms with Crippen molar-refractivity contribution in [2.75, 3.05) is 6.61 Å². The first-order valence-corrected chi connectivity index (χ1v) is 7.93. The van der Waals surface area contributed by atoms with Crippen LogP contribution in [-0.4, -0.2) is 18.7 Å². The van der Waals surface area contributed by atoms with Gasteiger partial charge in [0.05, 0.1) is 12.0 Å². The van der Waals surface area contributed by atoms with Gasteiger partial charge in [-0.2, -0.15) is 0 Å². The zero-order valence-corrected chi connectivity index (χ0v) is 13.6. The molecule has 1 atom stereocenters. The van der Waals surface area contributed by atoms with E-state index in [2.05, 4.69) is 0 Å². The largest absolute Gasteiger partial charge is 0.478 e. The number of esters is 1. The molecule has 122 valence electrons. The third kappa shape index (κ3) is 2.83. The van der Waals surface area contributed by atoms with Crippen LogP contribution in [0.25, 0.3) is 11.0 Å². The standard InChI is InChI=1S/C18H20O5/c1-4-21-17(19)11(3)22-14-8-10(2)9-15-16(14)12-6-5-7-13(12)18(20)23-15/h8-9,11H,4-7H2,1-3H3/t11-/m1/s1. The Morgan fingerprint density at radius 3 is 2.78 bits per heavy atom. The van der Waals surface area contributed by atoms with Crippen molar-refractivity contribution < 1.29 is 18.7 Å². The van der Waals surface area contributed by atoms with Gasteiger partial charge in [-0.25, -0.2) is 9.59 Å². The number of hydrogen-bond acceptors (Lipinski definition) is 5. The highest BCUT2D eigenvalue weighted by Crippen LogP contribution is 2.35. The summed E-state index contributed by atoms with van der Waals surface area (Å²) in [7, 11) is 0. The van der Waals surface area contributed by atoms with Crippen molar-refractivity contribution in [2.45, 2.75) is 46.1 Å². The van der Waals surface area contributed by atoms with Crippen LogP contribution in [0, 0.1) is 6.92 Å². The number of ether oxygens (including phenoxy) is 2. The van der Waals surface area contributed by atoms with Crippen molar-refractivity contribution in [1.82, 2.24) is 0 Å². The molecule has 1 aliphatic carbocycles. The third-order valence-electron chi connectivity index (χ3n) is 4.10. The van der Waals surface area contributed by atoms with Gasteiger partial charge in [0, 0.05) is 5.56 Å². The fourth-order valence-electron chi connectivity index (χ4n) is 3.10. The van der Waals surface area contributed by atoms with Crippen LogP contribution in [0.4, 0.5) is 0 Å². The van der Waals surface area contributed by atoms with Gasteiger partial charge in [0.25, 0.3) is 0 Å². The van der Waals surface area contributed by atoms with E-state index in [0.29, 0.717) is 17.9 Å². The van der Waals surface area contributed by atoms with E-state index in [-0.39, 0.29) is 5.63 Å². The van der Waals surface area contributed by atoms with Crippen molar-refractivity contribution >= 4 is 16.9 Å². The van der Waals surface area contributed by atoms with E-state index in [1.165, 1.54) is 0 Å². The molecule has 0 radical (unpaired) electrons. The summed E-state index contributed by atoms with van der Waals surface area (Å²) >= 11 is 0. The highest BCUT2D eigenvalue weighted by molar-refractivity contribution is 5.89. The van der Waals surface area contributed by atoms with Gasteiger partial charge < -0.3 is 13.9 Å². The number of aryl methyl sites for hydroxylation is 2. The Kier molecular flexibility index (Phi) is 4.11. The molecule has 5 nitrogen and oxygen atoms in total. The summed E-state index contributed by atoms with van der Waals surface area (Å²) in [6.07, 6.45) is 1.77. The zero-order valence-electron chi connectivity index (χ0n) is 13.6. The van der Waals surface area contributed by atoms with E-state index in [1.54, 1.807) is 13.8 Å². The van der Waals surface area contributed by atoms with Gasteiger partial charge >= 0.3 is 11.6 Å². The first-order valence-electron chi connectivity index (χ1n) is 7.93. The lowest BCUT2D eigenvalue weighted by atomic mass is 10.0. The van der Waals surface area contributed by atoms with Gasteiger partial charge in [-0.15, -0.1) is 0 Å². The Morgan fingerprint density at radius 1 is 1.30 bits per heavy atom. The number of carbonyl (C=O) groups excluding carboxylic acids is 1. The minimum absolute atomic E-state index is 0.264. The summed E-state index contributed by atoms with van der Waals surface area (Å²) in [6.45, 7) is 5.62. The molecular weight excluding hydrogens is 296 g/mol. The van der Waals surface area contributed by atoms with Crippen molar-refractivity contribution in [3.8, 4) is 5.75 Å². The van der Waals surface area contributed by atoms with Gasteiger partial charge in [0.1, 0.15) is 11.3 Å². The average Bonchev–Trinajstić information content (AvgIpc) is 2.96. The maximum Gasteiger partial charge on any atom is 0.347 e. The molecular formula is C18H20O5. The van der Waals surface area contributed by atoms with Gasteiger partial charge in [-0.3, -0.25) is 0 Å². The van der Waals surface area contributed by atoms with Crippen LogP contribution in [0.1, 0.15) is 37.0 Å². The summed E-state index contributed by atoms with van der Waals surface area (Å²) in [5, 5.41) is 0.804. The SMILES string of the molecule is CCOC(=O)[C@@H](C)Oc1cc(C)cc2oc(=O)c3c(c12)CCC3. The maximum atomic E-state index is 12.1. The minimum atomic E-state index is -0.719. The van der Waals surface area contributed by atoms with Crippen molar-refractivity contribution in [3.63, 3.8) is 0 Å². The smallest absolute Gasteiger partial charge is 0.347 e. The normalized spacial score (nSPS) is 14.6. The molecule has 1 heterocycles. The van der Waals surface area contributed by atoms with E-state index in [0.717, 1.165) is 41.3 Å². The lowest BCUT2D eigenvalue weighted by molar-refractivity contribution is -0.150. The van der Waals surface area contributed by atoms with Crippen molar-refractivity contribution in [3.05, 3.63) is 39.2 Å². The summed E-state index contributed by atoms with van der Waals surface area (Å²) in [5.41, 5.74) is 2.88. The molecule has 0 amide bonds. The molecule has 2 aromatic rings. The second-order valence-corrected chi connectivity index (χ2v) is 5.85. The highest BCUT2D eigenvalue weighted by Gasteiger charge is 2.24. The average molecular weight is 316 g/mol. The Bertz CT molecular complexity index is 818. The lowest BCUT2D eigenvalue weighted by Gasteiger charge is -2.17. The summed E-state index contributed by atoms with van der Waals surface area (Å²) in [5.74, 6) is 0.165. The Balaban J connectivity index is 2.11. The van der Waals surface area contributed by atoms with Crippen LogP contribution >= 0.6 is 0 Å². The van der Waals surface area contributed by atoms with Crippen LogP contribution in [0.5, 0.6) is 5.75 Å². The van der Waals surface area contributed by atoms with Gasteiger partial charge in [0.15, 0.2) is 6.10 Å². The Labute approximate surface area is 134 Å².